The van der Waals surface area contributed by atoms with Crippen molar-refractivity contribution in [2.24, 2.45) is 0 Å². The lowest BCUT2D eigenvalue weighted by molar-refractivity contribution is 0.0939. The molecule has 1 atom stereocenters. The Labute approximate surface area is 110 Å². The number of carbonyl (C=O) groups is 1. The minimum Gasteiger partial charge on any atom is -0.494 e. The summed E-state index contributed by atoms with van der Waals surface area (Å²) in [4.78, 5) is 11.8. The number of hydrogen-bond donors (Lipinski definition) is 1. The molecular formula is C14H14FNO3. The van der Waals surface area contributed by atoms with E-state index in [1.165, 1.54) is 31.8 Å². The first-order valence-corrected chi connectivity index (χ1v) is 5.78. The van der Waals surface area contributed by atoms with Gasteiger partial charge in [0, 0.05) is 0 Å². The maximum absolute atomic E-state index is 13.6. The number of benzene rings is 1. The molecule has 4 nitrogen and oxygen atoms in total. The van der Waals surface area contributed by atoms with Crippen molar-refractivity contribution in [2.45, 2.75) is 13.0 Å². The van der Waals surface area contributed by atoms with Crippen molar-refractivity contribution in [1.29, 1.82) is 0 Å². The van der Waals surface area contributed by atoms with Gasteiger partial charge in [0.2, 0.25) is 0 Å². The van der Waals surface area contributed by atoms with Crippen LogP contribution in [0, 0.1) is 5.82 Å². The molecule has 0 radical (unpaired) electrons. The maximum atomic E-state index is 13.6. The van der Waals surface area contributed by atoms with E-state index in [0.717, 1.165) is 0 Å². The van der Waals surface area contributed by atoms with E-state index < -0.39 is 5.82 Å². The van der Waals surface area contributed by atoms with Gasteiger partial charge < -0.3 is 14.5 Å². The second-order valence-electron chi connectivity index (χ2n) is 4.10. The third-order valence-corrected chi connectivity index (χ3v) is 2.81. The van der Waals surface area contributed by atoms with Gasteiger partial charge in [-0.2, -0.15) is 0 Å². The summed E-state index contributed by atoms with van der Waals surface area (Å²) in [7, 11) is 1.40. The SMILES string of the molecule is COc1ccc([C@H](C)NC(=O)c2ccoc2)cc1F. The van der Waals surface area contributed by atoms with Gasteiger partial charge in [-0.05, 0) is 30.7 Å². The summed E-state index contributed by atoms with van der Waals surface area (Å²) in [5, 5.41) is 2.76. The molecule has 0 unspecified atom stereocenters. The minimum atomic E-state index is -0.454. The van der Waals surface area contributed by atoms with Gasteiger partial charge in [-0.15, -0.1) is 0 Å². The number of nitrogens with one attached hydrogen (secondary N) is 1. The molecule has 19 heavy (non-hydrogen) atoms. The molecule has 5 heteroatoms. The Balaban J connectivity index is 2.09. The number of rotatable bonds is 4. The summed E-state index contributed by atoms with van der Waals surface area (Å²) >= 11 is 0. The van der Waals surface area contributed by atoms with E-state index in [2.05, 4.69) is 5.32 Å². The molecule has 1 heterocycles. The van der Waals surface area contributed by atoms with Gasteiger partial charge in [0.25, 0.3) is 5.91 Å². The zero-order chi connectivity index (χ0) is 13.8. The fourth-order valence-corrected chi connectivity index (χ4v) is 1.71. The molecule has 1 amide bonds. The smallest absolute Gasteiger partial charge is 0.255 e. The number of hydrogen-bond acceptors (Lipinski definition) is 3. The quantitative estimate of drug-likeness (QED) is 0.922. The summed E-state index contributed by atoms with van der Waals surface area (Å²) < 4.78 is 23.2. The molecule has 1 aromatic carbocycles. The van der Waals surface area contributed by atoms with E-state index in [4.69, 9.17) is 9.15 Å². The second kappa shape index (κ2) is 5.56. The van der Waals surface area contributed by atoms with Crippen LogP contribution >= 0.6 is 0 Å². The van der Waals surface area contributed by atoms with Gasteiger partial charge in [-0.1, -0.05) is 6.07 Å². The van der Waals surface area contributed by atoms with Gasteiger partial charge in [0.15, 0.2) is 11.6 Å². The molecule has 2 rings (SSSR count). The highest BCUT2D eigenvalue weighted by atomic mass is 19.1. The lowest BCUT2D eigenvalue weighted by Gasteiger charge is -2.14. The molecule has 1 N–H and O–H groups in total. The van der Waals surface area contributed by atoms with Crippen molar-refractivity contribution in [1.82, 2.24) is 5.32 Å². The number of carbonyl (C=O) groups excluding carboxylic acids is 1. The Morgan fingerprint density at radius 2 is 2.21 bits per heavy atom. The monoisotopic (exact) mass is 263 g/mol. The van der Waals surface area contributed by atoms with Crippen LogP contribution in [0.5, 0.6) is 5.75 Å². The normalized spacial score (nSPS) is 11.9. The average Bonchev–Trinajstić information content (AvgIpc) is 2.92. The van der Waals surface area contributed by atoms with Crippen LogP contribution in [-0.2, 0) is 0 Å². The van der Waals surface area contributed by atoms with Crippen LogP contribution in [0.2, 0.25) is 0 Å². The third kappa shape index (κ3) is 2.93. The van der Waals surface area contributed by atoms with Crippen LogP contribution in [-0.4, -0.2) is 13.0 Å². The van der Waals surface area contributed by atoms with E-state index in [0.29, 0.717) is 11.1 Å². The molecule has 0 fully saturated rings. The molecule has 0 aliphatic carbocycles. The average molecular weight is 263 g/mol. The van der Waals surface area contributed by atoms with Crippen LogP contribution in [0.4, 0.5) is 4.39 Å². The third-order valence-electron chi connectivity index (χ3n) is 2.81. The fourth-order valence-electron chi connectivity index (χ4n) is 1.71. The highest BCUT2D eigenvalue weighted by Crippen LogP contribution is 2.21. The lowest BCUT2D eigenvalue weighted by Crippen LogP contribution is -2.26. The zero-order valence-electron chi connectivity index (χ0n) is 10.6. The number of halogens is 1. The topological polar surface area (TPSA) is 51.5 Å². The van der Waals surface area contributed by atoms with Crippen LogP contribution < -0.4 is 10.1 Å². The van der Waals surface area contributed by atoms with Gasteiger partial charge in [-0.25, -0.2) is 4.39 Å². The van der Waals surface area contributed by atoms with Crippen LogP contribution in [0.15, 0.2) is 41.2 Å². The molecule has 0 aliphatic rings. The van der Waals surface area contributed by atoms with Crippen molar-refractivity contribution in [3.8, 4) is 5.75 Å². The summed E-state index contributed by atoms with van der Waals surface area (Å²) in [5.74, 6) is -0.543. The Kier molecular flexibility index (Phi) is 3.85. The Morgan fingerprint density at radius 1 is 1.42 bits per heavy atom. The Bertz CT molecular complexity index is 566. The van der Waals surface area contributed by atoms with Gasteiger partial charge in [0.1, 0.15) is 6.26 Å². The summed E-state index contributed by atoms with van der Waals surface area (Å²) in [5.41, 5.74) is 1.09. The second-order valence-corrected chi connectivity index (χ2v) is 4.10. The van der Waals surface area contributed by atoms with E-state index in [-0.39, 0.29) is 17.7 Å². The van der Waals surface area contributed by atoms with Crippen molar-refractivity contribution in [3.63, 3.8) is 0 Å². The van der Waals surface area contributed by atoms with Crippen molar-refractivity contribution < 1.29 is 18.3 Å². The first kappa shape index (κ1) is 13.1. The van der Waals surface area contributed by atoms with Crippen molar-refractivity contribution >= 4 is 5.91 Å². The molecule has 100 valence electrons. The summed E-state index contributed by atoms with van der Waals surface area (Å²) in [6, 6.07) is 5.84. The first-order chi connectivity index (χ1) is 9.11. The molecule has 0 aliphatic heterocycles. The Hall–Kier alpha value is -2.30. The predicted octanol–water partition coefficient (Wildman–Crippen LogP) is 2.92. The first-order valence-electron chi connectivity index (χ1n) is 5.78. The molecule has 0 bridgehead atoms. The van der Waals surface area contributed by atoms with Crippen LogP contribution in [0.25, 0.3) is 0 Å². The predicted molar refractivity (Wildman–Crippen MR) is 67.5 cm³/mol. The van der Waals surface area contributed by atoms with E-state index >= 15 is 0 Å². The van der Waals surface area contributed by atoms with E-state index in [1.54, 1.807) is 19.1 Å². The number of methoxy groups -OCH3 is 1. The molecule has 0 saturated carbocycles. The molecular weight excluding hydrogens is 249 g/mol. The molecule has 0 spiro atoms. The van der Waals surface area contributed by atoms with Gasteiger partial charge in [0.05, 0.1) is 25.0 Å². The van der Waals surface area contributed by atoms with Crippen LogP contribution in [0.1, 0.15) is 28.9 Å². The molecule has 0 saturated heterocycles. The maximum Gasteiger partial charge on any atom is 0.255 e. The minimum absolute atomic E-state index is 0.178. The number of amides is 1. The van der Waals surface area contributed by atoms with Crippen LogP contribution in [0.3, 0.4) is 0 Å². The Morgan fingerprint density at radius 3 is 2.79 bits per heavy atom. The lowest BCUT2D eigenvalue weighted by atomic mass is 10.1. The fraction of sp³-hybridized carbons (Fsp3) is 0.214. The van der Waals surface area contributed by atoms with Gasteiger partial charge >= 0.3 is 0 Å². The molecule has 2 aromatic rings. The number of furan rings is 1. The van der Waals surface area contributed by atoms with E-state index in [9.17, 15) is 9.18 Å². The molecule has 1 aromatic heterocycles. The standard InChI is InChI=1S/C14H14FNO3/c1-9(16-14(17)11-5-6-19-8-11)10-3-4-13(18-2)12(15)7-10/h3-9H,1-2H3,(H,16,17)/t9-/m0/s1. The zero-order valence-corrected chi connectivity index (χ0v) is 10.6. The van der Waals surface area contributed by atoms with E-state index in [1.807, 2.05) is 0 Å². The van der Waals surface area contributed by atoms with Gasteiger partial charge in [-0.3, -0.25) is 4.79 Å². The highest BCUT2D eigenvalue weighted by molar-refractivity contribution is 5.94. The number of ether oxygens (including phenoxy) is 1. The summed E-state index contributed by atoms with van der Waals surface area (Å²) in [6.45, 7) is 1.78. The highest BCUT2D eigenvalue weighted by Gasteiger charge is 2.14. The largest absolute Gasteiger partial charge is 0.494 e. The summed E-state index contributed by atoms with van der Waals surface area (Å²) in [6.07, 6.45) is 2.78. The van der Waals surface area contributed by atoms with Crippen molar-refractivity contribution in [3.05, 3.63) is 53.7 Å². The van der Waals surface area contributed by atoms with Crippen molar-refractivity contribution in [2.75, 3.05) is 7.11 Å².